The fraction of sp³-hybridized carbons (Fsp3) is 0.370. The minimum absolute atomic E-state index is 0.289. The van der Waals surface area contributed by atoms with E-state index >= 15 is 0 Å². The van der Waals surface area contributed by atoms with Crippen molar-refractivity contribution < 1.29 is 9.59 Å². The largest absolute Gasteiger partial charge is 0.340 e. The normalized spacial score (nSPS) is 23.0. The van der Waals surface area contributed by atoms with Crippen LogP contribution in [-0.4, -0.2) is 89.5 Å². The van der Waals surface area contributed by atoms with Gasteiger partial charge in [0.1, 0.15) is 0 Å². The molecule has 0 aromatic heterocycles. The van der Waals surface area contributed by atoms with E-state index in [-0.39, 0.29) is 5.91 Å². The fourth-order valence-corrected chi connectivity index (χ4v) is 5.01. The summed E-state index contributed by atoms with van der Waals surface area (Å²) in [6.45, 7) is 7.06. The number of amides is 3. The van der Waals surface area contributed by atoms with Gasteiger partial charge in [0.25, 0.3) is 5.91 Å². The zero-order chi connectivity index (χ0) is 24.4. The highest BCUT2D eigenvalue weighted by Gasteiger charge is 2.49. The Kier molecular flexibility index (Phi) is 6.55. The van der Waals surface area contributed by atoms with Crippen LogP contribution in [0, 0.1) is 6.92 Å². The second-order valence-electron chi connectivity index (χ2n) is 9.41. The summed E-state index contributed by atoms with van der Waals surface area (Å²) in [5, 5.41) is 2.48. The van der Waals surface area contributed by atoms with Gasteiger partial charge in [0.05, 0.1) is 0 Å². The number of piperazine rings is 1. The zero-order valence-electron chi connectivity index (χ0n) is 20.3. The first kappa shape index (κ1) is 23.1. The Hall–Kier alpha value is -3.65. The van der Waals surface area contributed by atoms with Gasteiger partial charge < -0.3 is 14.7 Å². The minimum atomic E-state index is -0.529. The molecule has 2 fully saturated rings. The summed E-state index contributed by atoms with van der Waals surface area (Å²) in [4.78, 5) is 38.3. The van der Waals surface area contributed by atoms with Crippen molar-refractivity contribution in [2.75, 3.05) is 39.8 Å². The van der Waals surface area contributed by atoms with Crippen LogP contribution in [-0.2, 0) is 11.3 Å². The van der Waals surface area contributed by atoms with Gasteiger partial charge >= 0.3 is 6.03 Å². The third-order valence-electron chi connectivity index (χ3n) is 6.89. The van der Waals surface area contributed by atoms with Crippen LogP contribution in [0.1, 0.15) is 16.7 Å². The number of fused-ring (bicyclic) bond motifs is 1. The molecule has 3 heterocycles. The van der Waals surface area contributed by atoms with E-state index in [4.69, 9.17) is 4.99 Å². The van der Waals surface area contributed by atoms with Crippen LogP contribution in [0.5, 0.6) is 0 Å². The summed E-state index contributed by atoms with van der Waals surface area (Å²) < 4.78 is 0. The lowest BCUT2D eigenvalue weighted by molar-refractivity contribution is -0.127. The number of guanidine groups is 1. The molecule has 2 aromatic carbocycles. The Morgan fingerprint density at radius 1 is 1.03 bits per heavy atom. The number of carbonyl (C=O) groups excluding carboxylic acids is 2. The first-order chi connectivity index (χ1) is 17.0. The van der Waals surface area contributed by atoms with Gasteiger partial charge in [0.2, 0.25) is 0 Å². The molecule has 5 rings (SSSR count). The third-order valence-corrected chi connectivity index (χ3v) is 6.89. The predicted molar refractivity (Wildman–Crippen MR) is 137 cm³/mol. The molecule has 8 nitrogen and oxygen atoms in total. The molecule has 35 heavy (non-hydrogen) atoms. The van der Waals surface area contributed by atoms with E-state index in [9.17, 15) is 9.59 Å². The molecule has 8 heteroatoms. The van der Waals surface area contributed by atoms with Gasteiger partial charge in [-0.15, -0.1) is 0 Å². The minimum Gasteiger partial charge on any atom is -0.340 e. The standard InChI is InChI=1S/C27H32N6O2/c1-20-8-6-11-22(18-20)19-31-14-16-32(17-15-31)26-28-24-23(25(34)29-27(35)30(24)2)33(26)13-7-12-21-9-4-3-5-10-21/h3-12,18,23-24H,13-17,19H2,1-2H3,(H,29,34,35)/b12-7+. The van der Waals surface area contributed by atoms with Crippen molar-refractivity contribution in [2.24, 2.45) is 4.99 Å². The number of likely N-dealkylation sites (N-methyl/N-ethyl adjacent to an activating group) is 1. The highest BCUT2D eigenvalue weighted by atomic mass is 16.2. The molecule has 2 unspecified atom stereocenters. The molecule has 182 valence electrons. The lowest BCUT2D eigenvalue weighted by Crippen LogP contribution is -2.64. The van der Waals surface area contributed by atoms with Crippen molar-refractivity contribution in [3.05, 3.63) is 77.4 Å². The lowest BCUT2D eigenvalue weighted by atomic mass is 10.1. The number of benzene rings is 2. The molecule has 2 aromatic rings. The number of rotatable bonds is 5. The second-order valence-corrected chi connectivity index (χ2v) is 9.41. The number of carbonyl (C=O) groups is 2. The summed E-state index contributed by atoms with van der Waals surface area (Å²) in [5.74, 6) is 0.507. The van der Waals surface area contributed by atoms with Gasteiger partial charge in [0, 0.05) is 46.3 Å². The van der Waals surface area contributed by atoms with Gasteiger partial charge in [-0.1, -0.05) is 72.3 Å². The molecular formula is C27H32N6O2. The monoisotopic (exact) mass is 472 g/mol. The molecule has 1 N–H and O–H groups in total. The molecule has 2 atom stereocenters. The molecule has 0 spiro atoms. The van der Waals surface area contributed by atoms with Crippen molar-refractivity contribution in [2.45, 2.75) is 25.7 Å². The molecular weight excluding hydrogens is 440 g/mol. The van der Waals surface area contributed by atoms with E-state index in [0.29, 0.717) is 6.54 Å². The first-order valence-corrected chi connectivity index (χ1v) is 12.2. The van der Waals surface area contributed by atoms with Crippen LogP contribution < -0.4 is 5.32 Å². The van der Waals surface area contributed by atoms with Crippen LogP contribution in [0.15, 0.2) is 65.7 Å². The average molecular weight is 473 g/mol. The summed E-state index contributed by atoms with van der Waals surface area (Å²) in [7, 11) is 1.70. The number of urea groups is 1. The number of nitrogens with zero attached hydrogens (tertiary/aromatic N) is 5. The molecule has 0 saturated carbocycles. The van der Waals surface area contributed by atoms with Crippen molar-refractivity contribution in [1.82, 2.24) is 24.9 Å². The zero-order valence-corrected chi connectivity index (χ0v) is 20.3. The molecule has 3 aliphatic heterocycles. The number of aliphatic imine (C=N–C) groups is 1. The highest BCUT2D eigenvalue weighted by molar-refractivity contribution is 6.03. The van der Waals surface area contributed by atoms with Crippen molar-refractivity contribution in [3.8, 4) is 0 Å². The molecule has 0 bridgehead atoms. The van der Waals surface area contributed by atoms with E-state index in [1.54, 1.807) is 7.05 Å². The maximum absolute atomic E-state index is 12.9. The predicted octanol–water partition coefficient (Wildman–Crippen LogP) is 2.37. The van der Waals surface area contributed by atoms with Gasteiger partial charge in [-0.05, 0) is 18.1 Å². The van der Waals surface area contributed by atoms with Crippen LogP contribution in [0.3, 0.4) is 0 Å². The molecule has 0 radical (unpaired) electrons. The fourth-order valence-electron chi connectivity index (χ4n) is 5.01. The van der Waals surface area contributed by atoms with E-state index < -0.39 is 18.2 Å². The number of hydrogen-bond donors (Lipinski definition) is 1. The maximum atomic E-state index is 12.9. The summed E-state index contributed by atoms with van der Waals surface area (Å²) >= 11 is 0. The topological polar surface area (TPSA) is 71.5 Å². The summed E-state index contributed by atoms with van der Waals surface area (Å²) in [6.07, 6.45) is 3.60. The van der Waals surface area contributed by atoms with Gasteiger partial charge in [-0.3, -0.25) is 15.0 Å². The average Bonchev–Trinajstić information content (AvgIpc) is 3.24. The Morgan fingerprint density at radius 2 is 1.80 bits per heavy atom. The van der Waals surface area contributed by atoms with E-state index in [0.717, 1.165) is 44.2 Å². The number of hydrogen-bond acceptors (Lipinski definition) is 6. The van der Waals surface area contributed by atoms with Gasteiger partial charge in [-0.2, -0.15) is 0 Å². The smallest absolute Gasteiger partial charge is 0.325 e. The lowest BCUT2D eigenvalue weighted by Gasteiger charge is -2.40. The molecule has 3 amide bonds. The summed E-state index contributed by atoms with van der Waals surface area (Å²) in [6, 6.07) is 17.8. The Labute approximate surface area is 206 Å². The highest BCUT2D eigenvalue weighted by Crippen LogP contribution is 2.26. The van der Waals surface area contributed by atoms with Crippen molar-refractivity contribution in [1.29, 1.82) is 0 Å². The van der Waals surface area contributed by atoms with Crippen molar-refractivity contribution >= 4 is 24.0 Å². The van der Waals surface area contributed by atoms with Crippen LogP contribution in [0.25, 0.3) is 6.08 Å². The quantitative estimate of drug-likeness (QED) is 0.724. The SMILES string of the molecule is Cc1cccc(CN2CCN(C3=NC4C(C(=O)NC(=O)N4C)N3C/C=C/c3ccccc3)CC2)c1. The number of nitrogens with one attached hydrogen (secondary N) is 1. The number of aryl methyl sites for hydroxylation is 1. The molecule has 3 aliphatic rings. The first-order valence-electron chi connectivity index (χ1n) is 12.2. The number of imide groups is 1. The Morgan fingerprint density at radius 3 is 2.54 bits per heavy atom. The van der Waals surface area contributed by atoms with Crippen molar-refractivity contribution in [3.63, 3.8) is 0 Å². The maximum Gasteiger partial charge on any atom is 0.325 e. The van der Waals surface area contributed by atoms with E-state index in [1.807, 2.05) is 35.2 Å². The van der Waals surface area contributed by atoms with Gasteiger partial charge in [0.15, 0.2) is 18.2 Å². The van der Waals surface area contributed by atoms with Crippen LogP contribution in [0.2, 0.25) is 0 Å². The van der Waals surface area contributed by atoms with Gasteiger partial charge in [-0.25, -0.2) is 9.79 Å². The molecule has 2 saturated heterocycles. The Bertz CT molecular complexity index is 1140. The van der Waals surface area contributed by atoms with E-state index in [1.165, 1.54) is 16.0 Å². The molecule has 0 aliphatic carbocycles. The second kappa shape index (κ2) is 9.92. The van der Waals surface area contributed by atoms with Crippen LogP contribution >= 0.6 is 0 Å². The van der Waals surface area contributed by atoms with Crippen LogP contribution in [0.4, 0.5) is 4.79 Å². The van der Waals surface area contributed by atoms with E-state index in [2.05, 4.69) is 58.5 Å². The summed E-state index contributed by atoms with van der Waals surface area (Å²) in [5.41, 5.74) is 3.71. The Balaban J connectivity index is 1.31. The third kappa shape index (κ3) is 4.93.